The van der Waals surface area contributed by atoms with Gasteiger partial charge in [0.25, 0.3) is 0 Å². The maximum atomic E-state index is 9.75. The van der Waals surface area contributed by atoms with Crippen LogP contribution in [0.2, 0.25) is 0 Å². The Morgan fingerprint density at radius 1 is 0.909 bits per heavy atom. The fourth-order valence-electron chi connectivity index (χ4n) is 4.81. The first kappa shape index (κ1) is 21.2. The molecule has 0 radical (unpaired) electrons. The van der Waals surface area contributed by atoms with Crippen molar-refractivity contribution in [3.05, 3.63) is 107 Å². The number of pyridine rings is 1. The van der Waals surface area contributed by atoms with Crippen molar-refractivity contribution in [2.45, 2.75) is 32.9 Å². The van der Waals surface area contributed by atoms with E-state index < -0.39 is 0 Å². The predicted molar refractivity (Wildman–Crippen MR) is 136 cm³/mol. The van der Waals surface area contributed by atoms with E-state index in [4.69, 9.17) is 12.2 Å². The number of hydrogen-bond acceptors (Lipinski definition) is 3. The van der Waals surface area contributed by atoms with Crippen molar-refractivity contribution in [1.82, 2.24) is 14.9 Å². The van der Waals surface area contributed by atoms with E-state index in [1.807, 2.05) is 36.5 Å². The Bertz CT molecular complexity index is 1310. The van der Waals surface area contributed by atoms with Gasteiger partial charge in [-0.05, 0) is 98.7 Å². The molecule has 0 spiro atoms. The van der Waals surface area contributed by atoms with Gasteiger partial charge in [0.2, 0.25) is 0 Å². The van der Waals surface area contributed by atoms with Gasteiger partial charge in [-0.15, -0.1) is 0 Å². The molecule has 1 fully saturated rings. The molecule has 1 aliphatic heterocycles. The number of phenols is 1. The van der Waals surface area contributed by atoms with E-state index in [0.717, 1.165) is 28.5 Å². The monoisotopic (exact) mass is 454 g/mol. The lowest BCUT2D eigenvalue weighted by Crippen LogP contribution is -2.29. The quantitative estimate of drug-likeness (QED) is 0.389. The average molecular weight is 455 g/mol. The minimum Gasteiger partial charge on any atom is -0.508 e. The van der Waals surface area contributed by atoms with E-state index in [9.17, 15) is 5.11 Å². The predicted octanol–water partition coefficient (Wildman–Crippen LogP) is 5.68. The van der Waals surface area contributed by atoms with E-state index in [2.05, 4.69) is 70.9 Å². The third-order valence-electron chi connectivity index (χ3n) is 6.27. The summed E-state index contributed by atoms with van der Waals surface area (Å²) in [6.07, 6.45) is 1.83. The second-order valence-corrected chi connectivity index (χ2v) is 8.90. The van der Waals surface area contributed by atoms with Crippen molar-refractivity contribution in [1.29, 1.82) is 0 Å². The second-order valence-electron chi connectivity index (χ2n) is 8.51. The highest BCUT2D eigenvalue weighted by Crippen LogP contribution is 2.43. The molecule has 166 valence electrons. The minimum atomic E-state index is -0.0898. The standard InChI is InChI=1S/C27H26N4OS/c1-17-7-6-8-21(15-17)31-26(25(29-27(31)33)24-9-4-5-14-28-24)23-16-18(2)30(19(23)3)20-10-12-22(32)13-11-20/h4-16,25-26,32H,1-3H3,(H,29,33)/t25-,26+/m1/s1. The highest BCUT2D eigenvalue weighted by Gasteiger charge is 2.42. The molecule has 5 nitrogen and oxygen atoms in total. The van der Waals surface area contributed by atoms with Crippen LogP contribution in [-0.2, 0) is 0 Å². The van der Waals surface area contributed by atoms with Gasteiger partial charge in [0, 0.05) is 29.0 Å². The van der Waals surface area contributed by atoms with Crippen LogP contribution in [0.4, 0.5) is 5.69 Å². The van der Waals surface area contributed by atoms with Crippen LogP contribution in [-0.4, -0.2) is 19.8 Å². The van der Waals surface area contributed by atoms with Gasteiger partial charge in [0.05, 0.1) is 17.8 Å². The van der Waals surface area contributed by atoms with Gasteiger partial charge in [-0.3, -0.25) is 4.98 Å². The summed E-state index contributed by atoms with van der Waals surface area (Å²) in [5.41, 5.74) is 7.65. The maximum Gasteiger partial charge on any atom is 0.174 e. The van der Waals surface area contributed by atoms with Gasteiger partial charge in [-0.1, -0.05) is 18.2 Å². The highest BCUT2D eigenvalue weighted by atomic mass is 32.1. The van der Waals surface area contributed by atoms with E-state index >= 15 is 0 Å². The fourth-order valence-corrected chi connectivity index (χ4v) is 5.16. The van der Waals surface area contributed by atoms with Gasteiger partial charge < -0.3 is 19.9 Å². The Hall–Kier alpha value is -3.64. The number of anilines is 1. The minimum absolute atomic E-state index is 0.0636. The third kappa shape index (κ3) is 3.76. The second kappa shape index (κ2) is 8.37. The summed E-state index contributed by atoms with van der Waals surface area (Å²) in [4.78, 5) is 6.87. The first-order chi connectivity index (χ1) is 15.9. The lowest BCUT2D eigenvalue weighted by atomic mass is 9.96. The molecule has 0 bridgehead atoms. The number of rotatable bonds is 4. The maximum absolute atomic E-state index is 9.75. The normalized spacial score (nSPS) is 17.9. The summed E-state index contributed by atoms with van der Waals surface area (Å²) < 4.78 is 2.22. The summed E-state index contributed by atoms with van der Waals surface area (Å²) in [5.74, 6) is 0.257. The molecule has 4 aromatic rings. The molecular weight excluding hydrogens is 428 g/mol. The lowest BCUT2D eigenvalue weighted by molar-refractivity contribution is 0.475. The number of aryl methyl sites for hydroxylation is 2. The van der Waals surface area contributed by atoms with E-state index in [0.29, 0.717) is 5.11 Å². The number of aromatic hydroxyl groups is 1. The Labute approximate surface area is 199 Å². The van der Waals surface area contributed by atoms with Crippen molar-refractivity contribution < 1.29 is 5.11 Å². The van der Waals surface area contributed by atoms with E-state index in [1.165, 1.54) is 11.1 Å². The molecule has 1 aliphatic rings. The van der Waals surface area contributed by atoms with Gasteiger partial charge in [-0.25, -0.2) is 0 Å². The van der Waals surface area contributed by atoms with Gasteiger partial charge >= 0.3 is 0 Å². The Balaban J connectivity index is 1.68. The first-order valence-electron chi connectivity index (χ1n) is 11.0. The van der Waals surface area contributed by atoms with Gasteiger partial charge in [-0.2, -0.15) is 0 Å². The molecule has 1 saturated heterocycles. The van der Waals surface area contributed by atoms with E-state index in [1.54, 1.807) is 12.1 Å². The summed E-state index contributed by atoms with van der Waals surface area (Å²) in [6.45, 7) is 6.34. The molecule has 0 unspecified atom stereocenters. The Morgan fingerprint density at radius 2 is 1.70 bits per heavy atom. The topological polar surface area (TPSA) is 53.3 Å². The number of phenolic OH excluding ortho intramolecular Hbond substituents is 1. The summed E-state index contributed by atoms with van der Waals surface area (Å²) in [5, 5.41) is 14.0. The van der Waals surface area contributed by atoms with Crippen molar-refractivity contribution in [3.63, 3.8) is 0 Å². The van der Waals surface area contributed by atoms with Crippen LogP contribution in [0.25, 0.3) is 5.69 Å². The highest BCUT2D eigenvalue weighted by molar-refractivity contribution is 7.80. The van der Waals surface area contributed by atoms with Crippen LogP contribution in [0.3, 0.4) is 0 Å². The summed E-state index contributed by atoms with van der Waals surface area (Å²) >= 11 is 5.86. The molecule has 2 aromatic heterocycles. The molecule has 3 heterocycles. The largest absolute Gasteiger partial charge is 0.508 e. The van der Waals surface area contributed by atoms with E-state index in [-0.39, 0.29) is 17.8 Å². The number of thiocarbonyl (C=S) groups is 1. The van der Waals surface area contributed by atoms with Crippen molar-refractivity contribution >= 4 is 23.0 Å². The number of hydrogen-bond donors (Lipinski definition) is 2. The molecule has 5 rings (SSSR count). The molecule has 2 aromatic carbocycles. The van der Waals surface area contributed by atoms with Crippen LogP contribution < -0.4 is 10.2 Å². The van der Waals surface area contributed by atoms with Crippen molar-refractivity contribution in [2.75, 3.05) is 4.90 Å². The smallest absolute Gasteiger partial charge is 0.174 e. The first-order valence-corrected chi connectivity index (χ1v) is 11.4. The number of aromatic nitrogens is 2. The molecule has 0 saturated carbocycles. The van der Waals surface area contributed by atoms with Crippen LogP contribution in [0.5, 0.6) is 5.75 Å². The molecule has 0 amide bonds. The SMILES string of the molecule is Cc1cccc(N2C(=S)N[C@H](c3ccccn3)[C@@H]2c2cc(C)n(-c3ccc(O)cc3)c2C)c1. The molecular formula is C27H26N4OS. The van der Waals surface area contributed by atoms with Gasteiger partial charge in [0.15, 0.2) is 5.11 Å². The third-order valence-corrected chi connectivity index (χ3v) is 6.59. The average Bonchev–Trinajstić information content (AvgIpc) is 3.30. The molecule has 2 N–H and O–H groups in total. The number of benzene rings is 2. The van der Waals surface area contributed by atoms with Crippen LogP contribution in [0, 0.1) is 20.8 Å². The summed E-state index contributed by atoms with van der Waals surface area (Å²) in [7, 11) is 0. The van der Waals surface area contributed by atoms with Crippen molar-refractivity contribution in [2.24, 2.45) is 0 Å². The zero-order valence-electron chi connectivity index (χ0n) is 18.9. The fraction of sp³-hybridized carbons (Fsp3) is 0.185. The molecule has 6 heteroatoms. The number of nitrogens with one attached hydrogen (secondary N) is 1. The Kier molecular flexibility index (Phi) is 5.38. The molecule has 0 aliphatic carbocycles. The van der Waals surface area contributed by atoms with Gasteiger partial charge in [0.1, 0.15) is 5.75 Å². The van der Waals surface area contributed by atoms with Crippen LogP contribution >= 0.6 is 12.2 Å². The van der Waals surface area contributed by atoms with Crippen LogP contribution in [0.15, 0.2) is 79.0 Å². The zero-order chi connectivity index (χ0) is 23.1. The lowest BCUT2D eigenvalue weighted by Gasteiger charge is -2.28. The number of nitrogens with zero attached hydrogens (tertiary/aromatic N) is 3. The molecule has 2 atom stereocenters. The van der Waals surface area contributed by atoms with Crippen molar-refractivity contribution in [3.8, 4) is 11.4 Å². The molecule has 33 heavy (non-hydrogen) atoms. The summed E-state index contributed by atoms with van der Waals surface area (Å²) in [6, 6.07) is 23.8. The van der Waals surface area contributed by atoms with Crippen LogP contribution in [0.1, 0.15) is 40.3 Å². The zero-order valence-corrected chi connectivity index (χ0v) is 19.7. The Morgan fingerprint density at radius 3 is 2.39 bits per heavy atom.